The average Bonchev–Trinajstić information content (AvgIpc) is 3.61. The minimum absolute atomic E-state index is 0.0843. The van der Waals surface area contributed by atoms with Gasteiger partial charge in [-0.3, -0.25) is 18.9 Å². The number of aromatic amines is 1. The van der Waals surface area contributed by atoms with Crippen LogP contribution in [0.2, 0.25) is 0 Å². The van der Waals surface area contributed by atoms with Crippen molar-refractivity contribution in [1.29, 1.82) is 0 Å². The molecule has 0 saturated carbocycles. The molecular formula is C30H32N6O4. The number of benzene rings is 2. The Hall–Kier alpha value is -4.60. The molecule has 40 heavy (non-hydrogen) atoms. The molecular weight excluding hydrogens is 508 g/mol. The zero-order chi connectivity index (χ0) is 28.2. The summed E-state index contributed by atoms with van der Waals surface area (Å²) < 4.78 is 11.8. The van der Waals surface area contributed by atoms with Gasteiger partial charge in [0.2, 0.25) is 5.89 Å². The monoisotopic (exact) mass is 540 g/mol. The van der Waals surface area contributed by atoms with Crippen molar-refractivity contribution < 1.29 is 9.05 Å². The predicted octanol–water partition coefficient (Wildman–Crippen LogP) is 5.05. The zero-order valence-electron chi connectivity index (χ0n) is 23.1. The molecule has 3 aromatic heterocycles. The molecule has 206 valence electrons. The van der Waals surface area contributed by atoms with Crippen LogP contribution in [0, 0.1) is 6.92 Å². The van der Waals surface area contributed by atoms with Gasteiger partial charge in [0.05, 0.1) is 6.54 Å². The Morgan fingerprint density at radius 1 is 0.950 bits per heavy atom. The van der Waals surface area contributed by atoms with Gasteiger partial charge in [0, 0.05) is 35.6 Å². The molecule has 0 fully saturated rings. The van der Waals surface area contributed by atoms with Gasteiger partial charge in [-0.15, -0.1) is 0 Å². The number of aromatic nitrogens is 6. The van der Waals surface area contributed by atoms with Gasteiger partial charge in [0.25, 0.3) is 5.56 Å². The molecule has 10 nitrogen and oxygen atoms in total. The maximum absolute atomic E-state index is 13.8. The van der Waals surface area contributed by atoms with Gasteiger partial charge in [0.15, 0.2) is 11.6 Å². The quantitative estimate of drug-likeness (QED) is 0.260. The van der Waals surface area contributed by atoms with Crippen molar-refractivity contribution in [3.05, 3.63) is 104 Å². The Morgan fingerprint density at radius 3 is 2.35 bits per heavy atom. The molecule has 0 aliphatic heterocycles. The lowest BCUT2D eigenvalue weighted by atomic mass is 9.98. The van der Waals surface area contributed by atoms with Crippen LogP contribution >= 0.6 is 0 Å². The summed E-state index contributed by atoms with van der Waals surface area (Å²) in [6, 6.07) is 15.6. The maximum atomic E-state index is 13.8. The van der Waals surface area contributed by atoms with Crippen LogP contribution in [-0.4, -0.2) is 29.8 Å². The van der Waals surface area contributed by atoms with Crippen molar-refractivity contribution in [3.8, 4) is 22.5 Å². The number of unbranched alkanes of at least 4 members (excludes halogenated alkanes) is 1. The van der Waals surface area contributed by atoms with Crippen molar-refractivity contribution in [2.45, 2.75) is 65.8 Å². The SMILES string of the molecule is CCCCc1nc(C)c(Cc2noc(C(C)C)n2)c(=O)n1Cc1ccc(-c2ccccc2-c2noc(=O)[nH]2)cc1. The Balaban J connectivity index is 1.47. The zero-order valence-corrected chi connectivity index (χ0v) is 23.1. The second kappa shape index (κ2) is 11.6. The summed E-state index contributed by atoms with van der Waals surface area (Å²) in [5.41, 5.74) is 4.76. The summed E-state index contributed by atoms with van der Waals surface area (Å²) in [5.74, 6) is 1.69. The summed E-state index contributed by atoms with van der Waals surface area (Å²) in [7, 11) is 0. The molecule has 5 aromatic rings. The normalized spacial score (nSPS) is 11.4. The van der Waals surface area contributed by atoms with E-state index in [1.807, 2.05) is 69.3 Å². The minimum atomic E-state index is -0.602. The molecule has 0 spiro atoms. The van der Waals surface area contributed by atoms with Crippen LogP contribution in [0.5, 0.6) is 0 Å². The van der Waals surface area contributed by atoms with Gasteiger partial charge in [-0.1, -0.05) is 86.0 Å². The van der Waals surface area contributed by atoms with E-state index in [1.165, 1.54) is 0 Å². The van der Waals surface area contributed by atoms with Gasteiger partial charge in [0.1, 0.15) is 5.82 Å². The lowest BCUT2D eigenvalue weighted by Gasteiger charge is -2.16. The molecule has 2 aromatic carbocycles. The second-order valence-electron chi connectivity index (χ2n) is 10.2. The molecule has 0 aliphatic rings. The first-order valence-corrected chi connectivity index (χ1v) is 13.5. The highest BCUT2D eigenvalue weighted by molar-refractivity contribution is 5.80. The van der Waals surface area contributed by atoms with Gasteiger partial charge in [-0.05, 0) is 30.0 Å². The highest BCUT2D eigenvalue weighted by Crippen LogP contribution is 2.30. The van der Waals surface area contributed by atoms with Crippen LogP contribution in [0.15, 0.2) is 67.2 Å². The topological polar surface area (TPSA) is 133 Å². The summed E-state index contributed by atoms with van der Waals surface area (Å²) in [4.78, 5) is 37.2. The fourth-order valence-corrected chi connectivity index (χ4v) is 4.64. The van der Waals surface area contributed by atoms with Crippen LogP contribution < -0.4 is 11.3 Å². The van der Waals surface area contributed by atoms with Gasteiger partial charge >= 0.3 is 5.76 Å². The predicted molar refractivity (Wildman–Crippen MR) is 150 cm³/mol. The van der Waals surface area contributed by atoms with Crippen molar-refractivity contribution in [3.63, 3.8) is 0 Å². The van der Waals surface area contributed by atoms with E-state index in [-0.39, 0.29) is 17.9 Å². The molecule has 0 saturated heterocycles. The molecule has 5 rings (SSSR count). The van der Waals surface area contributed by atoms with E-state index in [0.717, 1.165) is 40.9 Å². The molecule has 1 N–H and O–H groups in total. The van der Waals surface area contributed by atoms with Gasteiger partial charge in [-0.2, -0.15) is 4.98 Å². The third-order valence-corrected chi connectivity index (χ3v) is 6.84. The van der Waals surface area contributed by atoms with E-state index in [4.69, 9.17) is 14.0 Å². The van der Waals surface area contributed by atoms with Gasteiger partial charge in [-0.25, -0.2) is 9.78 Å². The lowest BCUT2D eigenvalue weighted by molar-refractivity contribution is 0.361. The Kier molecular flexibility index (Phi) is 7.86. The highest BCUT2D eigenvalue weighted by atomic mass is 16.5. The standard InChI is InChI=1S/C30H32N6O4/c1-5-6-11-26-31-19(4)24(16-25-32-28(18(2)3)39-34-25)29(37)36(26)17-20-12-14-21(15-13-20)22-9-7-8-10-23(22)27-33-30(38)40-35-27/h7-10,12-15,18H,5-6,11,16-17H2,1-4H3,(H,33,35,38). The highest BCUT2D eigenvalue weighted by Gasteiger charge is 2.19. The second-order valence-corrected chi connectivity index (χ2v) is 10.2. The lowest BCUT2D eigenvalue weighted by Crippen LogP contribution is -2.30. The Bertz CT molecular complexity index is 1730. The first kappa shape index (κ1) is 27.0. The number of hydrogen-bond acceptors (Lipinski definition) is 8. The number of rotatable bonds is 10. The van der Waals surface area contributed by atoms with Crippen LogP contribution in [0.25, 0.3) is 22.5 Å². The molecule has 0 radical (unpaired) electrons. The van der Waals surface area contributed by atoms with Gasteiger partial charge < -0.3 is 4.52 Å². The van der Waals surface area contributed by atoms with E-state index in [9.17, 15) is 9.59 Å². The van der Waals surface area contributed by atoms with E-state index < -0.39 is 5.76 Å². The van der Waals surface area contributed by atoms with Crippen molar-refractivity contribution in [2.24, 2.45) is 0 Å². The molecule has 3 heterocycles. The number of H-pyrrole nitrogens is 1. The number of nitrogens with zero attached hydrogens (tertiary/aromatic N) is 5. The third-order valence-electron chi connectivity index (χ3n) is 6.84. The Labute approximate surface area is 231 Å². The van der Waals surface area contributed by atoms with Crippen LogP contribution in [-0.2, 0) is 19.4 Å². The molecule has 0 atom stereocenters. The van der Waals surface area contributed by atoms with Crippen molar-refractivity contribution in [2.75, 3.05) is 0 Å². The van der Waals surface area contributed by atoms with Crippen LogP contribution in [0.4, 0.5) is 0 Å². The van der Waals surface area contributed by atoms with Crippen molar-refractivity contribution in [1.82, 2.24) is 29.8 Å². The molecule has 10 heteroatoms. The first-order chi connectivity index (χ1) is 19.3. The maximum Gasteiger partial charge on any atom is 0.439 e. The fourth-order valence-electron chi connectivity index (χ4n) is 4.64. The van der Waals surface area contributed by atoms with Crippen molar-refractivity contribution >= 4 is 0 Å². The molecule has 0 amide bonds. The van der Waals surface area contributed by atoms with Crippen LogP contribution in [0.1, 0.15) is 73.9 Å². The smallest absolute Gasteiger partial charge is 0.339 e. The largest absolute Gasteiger partial charge is 0.439 e. The fraction of sp³-hybridized carbons (Fsp3) is 0.333. The molecule has 0 unspecified atom stereocenters. The number of nitrogens with one attached hydrogen (secondary N) is 1. The van der Waals surface area contributed by atoms with E-state index in [2.05, 4.69) is 27.2 Å². The summed E-state index contributed by atoms with van der Waals surface area (Å²) in [6.07, 6.45) is 2.92. The van der Waals surface area contributed by atoms with E-state index >= 15 is 0 Å². The summed E-state index contributed by atoms with van der Waals surface area (Å²) in [6.45, 7) is 8.35. The minimum Gasteiger partial charge on any atom is -0.339 e. The molecule has 0 aliphatic carbocycles. The Morgan fingerprint density at radius 2 is 1.70 bits per heavy atom. The van der Waals surface area contributed by atoms with E-state index in [0.29, 0.717) is 41.8 Å². The third kappa shape index (κ3) is 5.70. The first-order valence-electron chi connectivity index (χ1n) is 13.5. The number of aryl methyl sites for hydroxylation is 2. The van der Waals surface area contributed by atoms with Crippen LogP contribution in [0.3, 0.4) is 0 Å². The summed E-state index contributed by atoms with van der Waals surface area (Å²) in [5, 5.41) is 7.92. The molecule has 0 bridgehead atoms. The number of hydrogen-bond donors (Lipinski definition) is 1. The average molecular weight is 541 g/mol. The van der Waals surface area contributed by atoms with E-state index in [1.54, 1.807) is 4.57 Å². The summed E-state index contributed by atoms with van der Waals surface area (Å²) >= 11 is 0.